The highest BCUT2D eigenvalue weighted by atomic mass is 32.2. The summed E-state index contributed by atoms with van der Waals surface area (Å²) in [7, 11) is -4.08. The van der Waals surface area contributed by atoms with Crippen LogP contribution in [0.3, 0.4) is 0 Å². The van der Waals surface area contributed by atoms with Crippen molar-refractivity contribution in [3.05, 3.63) is 12.7 Å². The minimum atomic E-state index is -4.08. The first-order valence-electron chi connectivity index (χ1n) is 7.77. The van der Waals surface area contributed by atoms with Crippen LogP contribution in [0.1, 0.15) is 64.7 Å². The molecule has 0 radical (unpaired) electrons. The SMILES string of the molecule is C=CC(=O)N[C@H](CCCCCCCCCC)CS(=O)(=O)O. The highest BCUT2D eigenvalue weighted by Crippen LogP contribution is 2.11. The van der Waals surface area contributed by atoms with Crippen molar-refractivity contribution in [2.24, 2.45) is 0 Å². The lowest BCUT2D eigenvalue weighted by molar-refractivity contribution is -0.117. The van der Waals surface area contributed by atoms with Gasteiger partial charge in [-0.15, -0.1) is 0 Å². The van der Waals surface area contributed by atoms with Gasteiger partial charge in [-0.2, -0.15) is 8.42 Å². The van der Waals surface area contributed by atoms with E-state index in [1.54, 1.807) is 0 Å². The van der Waals surface area contributed by atoms with E-state index in [1.807, 2.05) is 0 Å². The van der Waals surface area contributed by atoms with Crippen LogP contribution in [-0.2, 0) is 14.9 Å². The molecular formula is C15H29NO4S. The molecule has 0 aliphatic rings. The van der Waals surface area contributed by atoms with Gasteiger partial charge >= 0.3 is 0 Å². The Labute approximate surface area is 128 Å². The molecule has 0 aromatic rings. The fourth-order valence-corrected chi connectivity index (χ4v) is 2.99. The molecule has 0 unspecified atom stereocenters. The molecule has 0 heterocycles. The molecule has 0 aliphatic carbocycles. The normalized spacial score (nSPS) is 12.9. The first kappa shape index (κ1) is 20.1. The van der Waals surface area contributed by atoms with Crippen molar-refractivity contribution in [3.8, 4) is 0 Å². The molecule has 0 aromatic heterocycles. The molecule has 0 bridgehead atoms. The fraction of sp³-hybridized carbons (Fsp3) is 0.800. The summed E-state index contributed by atoms with van der Waals surface area (Å²) in [6.45, 7) is 5.52. The lowest BCUT2D eigenvalue weighted by Crippen LogP contribution is -2.38. The van der Waals surface area contributed by atoms with E-state index in [0.29, 0.717) is 6.42 Å². The molecule has 0 rings (SSSR count). The molecular weight excluding hydrogens is 290 g/mol. The molecule has 5 nitrogen and oxygen atoms in total. The maximum Gasteiger partial charge on any atom is 0.266 e. The van der Waals surface area contributed by atoms with Gasteiger partial charge in [-0.1, -0.05) is 64.9 Å². The number of rotatable bonds is 13. The maximum atomic E-state index is 11.2. The third-order valence-electron chi connectivity index (χ3n) is 3.35. The van der Waals surface area contributed by atoms with Crippen molar-refractivity contribution in [1.29, 1.82) is 0 Å². The van der Waals surface area contributed by atoms with Crippen molar-refractivity contribution in [2.75, 3.05) is 5.75 Å². The van der Waals surface area contributed by atoms with Gasteiger partial charge in [0.15, 0.2) is 0 Å². The van der Waals surface area contributed by atoms with Gasteiger partial charge in [0.1, 0.15) is 0 Å². The first-order chi connectivity index (χ1) is 9.89. The Morgan fingerprint density at radius 2 is 1.67 bits per heavy atom. The summed E-state index contributed by atoms with van der Waals surface area (Å²) in [5.41, 5.74) is 0. The van der Waals surface area contributed by atoms with E-state index >= 15 is 0 Å². The molecule has 124 valence electrons. The summed E-state index contributed by atoms with van der Waals surface area (Å²) < 4.78 is 30.7. The van der Waals surface area contributed by atoms with E-state index < -0.39 is 27.8 Å². The number of hydrogen-bond donors (Lipinski definition) is 2. The average Bonchev–Trinajstić information content (AvgIpc) is 2.39. The largest absolute Gasteiger partial charge is 0.349 e. The Bertz CT molecular complexity index is 392. The highest BCUT2D eigenvalue weighted by molar-refractivity contribution is 7.85. The molecule has 1 amide bonds. The Morgan fingerprint density at radius 1 is 1.14 bits per heavy atom. The van der Waals surface area contributed by atoms with E-state index in [4.69, 9.17) is 4.55 Å². The fourth-order valence-electron chi connectivity index (χ4n) is 2.24. The van der Waals surface area contributed by atoms with Crippen LogP contribution in [0.4, 0.5) is 0 Å². The predicted molar refractivity (Wildman–Crippen MR) is 85.8 cm³/mol. The summed E-state index contributed by atoms with van der Waals surface area (Å²) in [4.78, 5) is 11.2. The van der Waals surface area contributed by atoms with Crippen LogP contribution in [0.2, 0.25) is 0 Å². The zero-order valence-electron chi connectivity index (χ0n) is 13.0. The molecule has 6 heteroatoms. The second kappa shape index (κ2) is 11.7. The maximum absolute atomic E-state index is 11.2. The molecule has 0 aromatic carbocycles. The molecule has 2 N–H and O–H groups in total. The Kier molecular flexibility index (Phi) is 11.3. The van der Waals surface area contributed by atoms with Crippen LogP contribution >= 0.6 is 0 Å². The third kappa shape index (κ3) is 13.8. The summed E-state index contributed by atoms with van der Waals surface area (Å²) in [5.74, 6) is -0.855. The van der Waals surface area contributed by atoms with Crippen LogP contribution in [-0.4, -0.2) is 30.7 Å². The first-order valence-corrected chi connectivity index (χ1v) is 9.38. The Morgan fingerprint density at radius 3 is 2.14 bits per heavy atom. The van der Waals surface area contributed by atoms with Gasteiger partial charge in [0, 0.05) is 6.04 Å². The third-order valence-corrected chi connectivity index (χ3v) is 4.17. The summed E-state index contributed by atoms with van der Waals surface area (Å²) in [5, 5.41) is 2.55. The van der Waals surface area contributed by atoms with E-state index in [-0.39, 0.29) is 0 Å². The van der Waals surface area contributed by atoms with Gasteiger partial charge in [-0.3, -0.25) is 9.35 Å². The minimum Gasteiger partial charge on any atom is -0.349 e. The predicted octanol–water partition coefficient (Wildman–Crippen LogP) is 3.08. The average molecular weight is 319 g/mol. The molecule has 0 fully saturated rings. The summed E-state index contributed by atoms with van der Waals surface area (Å²) in [6.07, 6.45) is 10.9. The quantitative estimate of drug-likeness (QED) is 0.310. The summed E-state index contributed by atoms with van der Waals surface area (Å²) >= 11 is 0. The number of hydrogen-bond acceptors (Lipinski definition) is 3. The molecule has 1 atom stereocenters. The van der Waals surface area contributed by atoms with Crippen LogP contribution < -0.4 is 5.32 Å². The van der Waals surface area contributed by atoms with E-state index in [2.05, 4.69) is 18.8 Å². The van der Waals surface area contributed by atoms with Crippen molar-refractivity contribution in [2.45, 2.75) is 70.8 Å². The lowest BCUT2D eigenvalue weighted by Gasteiger charge is -2.16. The zero-order valence-corrected chi connectivity index (χ0v) is 13.8. The number of amides is 1. The van der Waals surface area contributed by atoms with Crippen molar-refractivity contribution >= 4 is 16.0 Å². The molecule has 0 spiro atoms. The van der Waals surface area contributed by atoms with E-state index in [0.717, 1.165) is 25.3 Å². The highest BCUT2D eigenvalue weighted by Gasteiger charge is 2.17. The standard InChI is InChI=1S/C15H29NO4S/c1-3-5-6-7-8-9-10-11-12-14(13-21(18,19)20)16-15(17)4-2/h4,14H,2-3,5-13H2,1H3,(H,16,17)(H,18,19,20)/t14-/m1/s1. The van der Waals surface area contributed by atoms with Crippen LogP contribution in [0, 0.1) is 0 Å². The van der Waals surface area contributed by atoms with Gasteiger partial charge in [0.2, 0.25) is 5.91 Å². The smallest absolute Gasteiger partial charge is 0.266 e. The number of nitrogens with one attached hydrogen (secondary N) is 1. The Hall–Kier alpha value is -0.880. The van der Waals surface area contributed by atoms with Crippen LogP contribution in [0.25, 0.3) is 0 Å². The van der Waals surface area contributed by atoms with E-state index in [9.17, 15) is 13.2 Å². The zero-order chi connectivity index (χ0) is 16.1. The second-order valence-electron chi connectivity index (χ2n) is 5.42. The van der Waals surface area contributed by atoms with Gasteiger partial charge in [-0.25, -0.2) is 0 Å². The van der Waals surface area contributed by atoms with Crippen molar-refractivity contribution in [3.63, 3.8) is 0 Å². The van der Waals surface area contributed by atoms with E-state index in [1.165, 1.54) is 32.1 Å². The van der Waals surface area contributed by atoms with Gasteiger partial charge in [0.25, 0.3) is 10.1 Å². The number of unbranched alkanes of at least 4 members (excludes halogenated alkanes) is 7. The summed E-state index contributed by atoms with van der Waals surface area (Å²) in [6, 6.07) is -0.550. The topological polar surface area (TPSA) is 83.5 Å². The number of carbonyl (C=O) groups excluding carboxylic acids is 1. The van der Waals surface area contributed by atoms with Gasteiger partial charge in [0.05, 0.1) is 5.75 Å². The van der Waals surface area contributed by atoms with Gasteiger partial charge in [-0.05, 0) is 12.5 Å². The number of carbonyl (C=O) groups is 1. The Balaban J connectivity index is 3.90. The molecule has 0 saturated heterocycles. The minimum absolute atomic E-state index is 0.414. The lowest BCUT2D eigenvalue weighted by atomic mass is 10.1. The van der Waals surface area contributed by atoms with Crippen LogP contribution in [0.15, 0.2) is 12.7 Å². The molecule has 0 saturated carbocycles. The molecule has 0 aliphatic heterocycles. The van der Waals surface area contributed by atoms with Crippen LogP contribution in [0.5, 0.6) is 0 Å². The van der Waals surface area contributed by atoms with Gasteiger partial charge < -0.3 is 5.32 Å². The van der Waals surface area contributed by atoms with Crippen molar-refractivity contribution in [1.82, 2.24) is 5.32 Å². The molecule has 21 heavy (non-hydrogen) atoms. The van der Waals surface area contributed by atoms with Crippen molar-refractivity contribution < 1.29 is 17.8 Å². The second-order valence-corrected chi connectivity index (χ2v) is 6.92. The monoisotopic (exact) mass is 319 g/mol.